The summed E-state index contributed by atoms with van der Waals surface area (Å²) < 4.78 is 0. The van der Waals surface area contributed by atoms with Crippen molar-refractivity contribution >= 4 is 11.6 Å². The Morgan fingerprint density at radius 3 is 2.82 bits per heavy atom. The fraction of sp³-hybridized carbons (Fsp3) is 0.538. The summed E-state index contributed by atoms with van der Waals surface area (Å²) in [7, 11) is 0. The molecule has 0 atom stereocenters. The molecule has 92 valence electrons. The SMILES string of the molecule is Cc1cc(NC(=O)C2(C)CCNCC2)ccn1. The van der Waals surface area contributed by atoms with Crippen LogP contribution >= 0.6 is 0 Å². The maximum Gasteiger partial charge on any atom is 0.230 e. The Bertz CT molecular complexity index is 411. The molecular formula is C13H19N3O. The highest BCUT2D eigenvalue weighted by Gasteiger charge is 2.34. The summed E-state index contributed by atoms with van der Waals surface area (Å²) in [5.41, 5.74) is 1.50. The monoisotopic (exact) mass is 233 g/mol. The molecule has 1 aromatic rings. The van der Waals surface area contributed by atoms with E-state index in [9.17, 15) is 4.79 Å². The molecule has 1 aliphatic rings. The number of aromatic nitrogens is 1. The van der Waals surface area contributed by atoms with Crippen molar-refractivity contribution in [3.05, 3.63) is 24.0 Å². The summed E-state index contributed by atoms with van der Waals surface area (Å²) in [4.78, 5) is 16.4. The van der Waals surface area contributed by atoms with E-state index in [1.165, 1.54) is 0 Å². The second kappa shape index (κ2) is 4.84. The number of rotatable bonds is 2. The first-order chi connectivity index (χ1) is 8.10. The van der Waals surface area contributed by atoms with Crippen molar-refractivity contribution in [2.24, 2.45) is 5.41 Å². The average molecular weight is 233 g/mol. The number of hydrogen-bond donors (Lipinski definition) is 2. The van der Waals surface area contributed by atoms with Gasteiger partial charge in [0.15, 0.2) is 0 Å². The lowest BCUT2D eigenvalue weighted by Crippen LogP contribution is -2.42. The molecule has 4 heteroatoms. The Balaban J connectivity index is 2.05. The molecule has 2 N–H and O–H groups in total. The van der Waals surface area contributed by atoms with Crippen molar-refractivity contribution in [2.45, 2.75) is 26.7 Å². The summed E-state index contributed by atoms with van der Waals surface area (Å²) in [6.07, 6.45) is 3.50. The van der Waals surface area contributed by atoms with Crippen molar-refractivity contribution < 1.29 is 4.79 Å². The van der Waals surface area contributed by atoms with Crippen LogP contribution in [0.1, 0.15) is 25.5 Å². The van der Waals surface area contributed by atoms with Gasteiger partial charge in [-0.15, -0.1) is 0 Å². The first-order valence-corrected chi connectivity index (χ1v) is 6.05. The number of piperidine rings is 1. The number of pyridine rings is 1. The van der Waals surface area contributed by atoms with Crippen LogP contribution < -0.4 is 10.6 Å². The largest absolute Gasteiger partial charge is 0.325 e. The van der Waals surface area contributed by atoms with E-state index in [2.05, 4.69) is 15.6 Å². The smallest absolute Gasteiger partial charge is 0.230 e. The first kappa shape index (κ1) is 12.0. The second-order valence-electron chi connectivity index (χ2n) is 4.95. The van der Waals surface area contributed by atoms with Crippen LogP contribution in [0.5, 0.6) is 0 Å². The zero-order valence-corrected chi connectivity index (χ0v) is 10.4. The number of hydrogen-bond acceptors (Lipinski definition) is 3. The molecule has 1 aliphatic heterocycles. The highest BCUT2D eigenvalue weighted by atomic mass is 16.2. The van der Waals surface area contributed by atoms with Gasteiger partial charge >= 0.3 is 0 Å². The maximum absolute atomic E-state index is 12.2. The average Bonchev–Trinajstić information content (AvgIpc) is 2.30. The van der Waals surface area contributed by atoms with E-state index < -0.39 is 0 Å². The molecule has 0 aliphatic carbocycles. The topological polar surface area (TPSA) is 54.0 Å². The van der Waals surface area contributed by atoms with E-state index in [1.54, 1.807) is 6.20 Å². The molecular weight excluding hydrogens is 214 g/mol. The molecule has 1 saturated heterocycles. The maximum atomic E-state index is 12.2. The van der Waals surface area contributed by atoms with E-state index in [-0.39, 0.29) is 11.3 Å². The lowest BCUT2D eigenvalue weighted by Gasteiger charge is -2.32. The first-order valence-electron chi connectivity index (χ1n) is 6.05. The molecule has 1 fully saturated rings. The number of carbonyl (C=O) groups excluding carboxylic acids is 1. The van der Waals surface area contributed by atoms with Crippen LogP contribution in [0.2, 0.25) is 0 Å². The van der Waals surface area contributed by atoms with Crippen molar-refractivity contribution in [3.63, 3.8) is 0 Å². The molecule has 2 heterocycles. The summed E-state index contributed by atoms with van der Waals surface area (Å²) in [5.74, 6) is 0.115. The predicted octanol–water partition coefficient (Wildman–Crippen LogP) is 1.72. The summed E-state index contributed by atoms with van der Waals surface area (Å²) in [6, 6.07) is 3.72. The predicted molar refractivity (Wildman–Crippen MR) is 67.8 cm³/mol. The summed E-state index contributed by atoms with van der Waals surface area (Å²) >= 11 is 0. The lowest BCUT2D eigenvalue weighted by atomic mass is 9.80. The molecule has 17 heavy (non-hydrogen) atoms. The standard InChI is InChI=1S/C13H19N3O/c1-10-9-11(3-6-15-10)16-12(17)13(2)4-7-14-8-5-13/h3,6,9,14H,4-5,7-8H2,1-2H3,(H,15,16,17). The normalized spacial score (nSPS) is 18.7. The second-order valence-corrected chi connectivity index (χ2v) is 4.95. The molecule has 0 spiro atoms. The highest BCUT2D eigenvalue weighted by Crippen LogP contribution is 2.29. The molecule has 0 bridgehead atoms. The fourth-order valence-corrected chi connectivity index (χ4v) is 2.11. The quantitative estimate of drug-likeness (QED) is 0.817. The molecule has 4 nitrogen and oxygen atoms in total. The Hall–Kier alpha value is -1.42. The van der Waals surface area contributed by atoms with Crippen molar-refractivity contribution in [3.8, 4) is 0 Å². The third-order valence-corrected chi connectivity index (χ3v) is 3.41. The van der Waals surface area contributed by atoms with Crippen LogP contribution in [-0.4, -0.2) is 24.0 Å². The van der Waals surface area contributed by atoms with Gasteiger partial charge < -0.3 is 10.6 Å². The molecule has 1 aromatic heterocycles. The van der Waals surface area contributed by atoms with E-state index in [0.717, 1.165) is 37.3 Å². The Kier molecular flexibility index (Phi) is 3.43. The van der Waals surface area contributed by atoms with Crippen LogP contribution in [0.15, 0.2) is 18.3 Å². The third kappa shape index (κ3) is 2.82. The minimum Gasteiger partial charge on any atom is -0.325 e. The van der Waals surface area contributed by atoms with Crippen LogP contribution in [0, 0.1) is 12.3 Å². The van der Waals surface area contributed by atoms with Gasteiger partial charge in [-0.1, -0.05) is 6.92 Å². The number of amides is 1. The molecule has 0 unspecified atom stereocenters. The molecule has 0 saturated carbocycles. The number of nitrogens with zero attached hydrogens (tertiary/aromatic N) is 1. The zero-order valence-electron chi connectivity index (χ0n) is 10.4. The number of carbonyl (C=O) groups is 1. The van der Waals surface area contributed by atoms with Crippen LogP contribution in [0.25, 0.3) is 0 Å². The van der Waals surface area contributed by atoms with Crippen LogP contribution in [0.3, 0.4) is 0 Å². The molecule has 0 radical (unpaired) electrons. The van der Waals surface area contributed by atoms with E-state index in [1.807, 2.05) is 26.0 Å². The lowest BCUT2D eigenvalue weighted by molar-refractivity contribution is -0.126. The Morgan fingerprint density at radius 2 is 2.18 bits per heavy atom. The fourth-order valence-electron chi connectivity index (χ4n) is 2.11. The van der Waals surface area contributed by atoms with Gasteiger partial charge in [-0.3, -0.25) is 9.78 Å². The minimum absolute atomic E-state index is 0.115. The van der Waals surface area contributed by atoms with Gasteiger partial charge in [0, 0.05) is 23.0 Å². The third-order valence-electron chi connectivity index (χ3n) is 3.41. The van der Waals surface area contributed by atoms with E-state index >= 15 is 0 Å². The van der Waals surface area contributed by atoms with E-state index in [4.69, 9.17) is 0 Å². The number of aryl methyl sites for hydroxylation is 1. The van der Waals surface area contributed by atoms with Crippen molar-refractivity contribution in [1.29, 1.82) is 0 Å². The van der Waals surface area contributed by atoms with Gasteiger partial charge in [0.1, 0.15) is 0 Å². The van der Waals surface area contributed by atoms with Gasteiger partial charge in [0.2, 0.25) is 5.91 Å². The molecule has 0 aromatic carbocycles. The Labute approximate surface area is 102 Å². The zero-order chi connectivity index (χ0) is 12.3. The van der Waals surface area contributed by atoms with Gasteiger partial charge in [-0.25, -0.2) is 0 Å². The Morgan fingerprint density at radius 1 is 1.47 bits per heavy atom. The van der Waals surface area contributed by atoms with Gasteiger partial charge in [0.25, 0.3) is 0 Å². The van der Waals surface area contributed by atoms with Crippen molar-refractivity contribution in [2.75, 3.05) is 18.4 Å². The molecule has 2 rings (SSSR count). The minimum atomic E-state index is -0.248. The van der Waals surface area contributed by atoms with Gasteiger partial charge in [-0.05, 0) is 45.0 Å². The summed E-state index contributed by atoms with van der Waals surface area (Å²) in [6.45, 7) is 5.79. The van der Waals surface area contributed by atoms with E-state index in [0.29, 0.717) is 0 Å². The molecule has 1 amide bonds. The van der Waals surface area contributed by atoms with Crippen molar-refractivity contribution in [1.82, 2.24) is 10.3 Å². The summed E-state index contributed by atoms with van der Waals surface area (Å²) in [5, 5.41) is 6.26. The van der Waals surface area contributed by atoms with Gasteiger partial charge in [0.05, 0.1) is 0 Å². The van der Waals surface area contributed by atoms with Gasteiger partial charge in [-0.2, -0.15) is 0 Å². The van der Waals surface area contributed by atoms with Crippen LogP contribution in [0.4, 0.5) is 5.69 Å². The number of nitrogens with one attached hydrogen (secondary N) is 2. The number of anilines is 1. The van der Waals surface area contributed by atoms with Crippen LogP contribution in [-0.2, 0) is 4.79 Å². The highest BCUT2D eigenvalue weighted by molar-refractivity contribution is 5.95.